The number of amides is 1. The van der Waals surface area contributed by atoms with Gasteiger partial charge in [-0.3, -0.25) is 0 Å². The Hall–Kier alpha value is -1.46. The van der Waals surface area contributed by atoms with Crippen LogP contribution in [-0.4, -0.2) is 18.4 Å². The smallest absolute Gasteiger partial charge is 0.407 e. The summed E-state index contributed by atoms with van der Waals surface area (Å²) in [5.74, 6) is 0.808. The second-order valence-electron chi connectivity index (χ2n) is 4.29. The molecule has 2 aromatic rings. The molecule has 110 valence electrons. The van der Waals surface area contributed by atoms with Crippen LogP contribution in [0, 0.1) is 0 Å². The van der Waals surface area contributed by atoms with E-state index in [1.165, 1.54) is 4.90 Å². The van der Waals surface area contributed by atoms with E-state index in [1.807, 2.05) is 54.6 Å². The van der Waals surface area contributed by atoms with Crippen LogP contribution in [-0.2, 0) is 11.3 Å². The van der Waals surface area contributed by atoms with Crippen molar-refractivity contribution >= 4 is 33.8 Å². The van der Waals surface area contributed by atoms with Gasteiger partial charge >= 0.3 is 6.09 Å². The third-order valence-electron chi connectivity index (χ3n) is 2.67. The number of alkyl carbamates (subject to hydrolysis) is 1. The zero-order valence-electron chi connectivity index (χ0n) is 11.4. The van der Waals surface area contributed by atoms with Crippen molar-refractivity contribution in [3.05, 3.63) is 64.6 Å². The summed E-state index contributed by atoms with van der Waals surface area (Å²) in [5.41, 5.74) is 0.983. The van der Waals surface area contributed by atoms with Gasteiger partial charge in [-0.05, 0) is 29.8 Å². The molecule has 0 saturated heterocycles. The molecular formula is C16H16BrNO2S. The van der Waals surface area contributed by atoms with Crippen molar-refractivity contribution in [3.63, 3.8) is 0 Å². The molecule has 0 heterocycles. The maximum atomic E-state index is 11.5. The molecule has 0 radical (unpaired) electrons. The van der Waals surface area contributed by atoms with Gasteiger partial charge in [0.2, 0.25) is 0 Å². The first-order valence-corrected chi connectivity index (χ1v) is 8.35. The molecule has 0 bridgehead atoms. The summed E-state index contributed by atoms with van der Waals surface area (Å²) in [7, 11) is 0. The molecule has 0 aliphatic heterocycles. The minimum Gasteiger partial charge on any atom is -0.445 e. The van der Waals surface area contributed by atoms with Crippen LogP contribution >= 0.6 is 27.7 Å². The summed E-state index contributed by atoms with van der Waals surface area (Å²) in [5, 5.41) is 2.74. The Morgan fingerprint density at radius 2 is 1.81 bits per heavy atom. The van der Waals surface area contributed by atoms with Crippen LogP contribution in [0.3, 0.4) is 0 Å². The van der Waals surface area contributed by atoms with Gasteiger partial charge in [0.25, 0.3) is 0 Å². The maximum Gasteiger partial charge on any atom is 0.407 e. The normalized spacial score (nSPS) is 10.1. The number of rotatable bonds is 6. The number of hydrogen-bond donors (Lipinski definition) is 1. The maximum absolute atomic E-state index is 11.5. The van der Waals surface area contributed by atoms with E-state index in [0.717, 1.165) is 15.8 Å². The number of benzene rings is 2. The molecule has 21 heavy (non-hydrogen) atoms. The Balaban J connectivity index is 1.60. The molecule has 0 fully saturated rings. The van der Waals surface area contributed by atoms with Crippen LogP contribution in [0.15, 0.2) is 64.0 Å². The minimum atomic E-state index is -0.379. The summed E-state index contributed by atoms with van der Waals surface area (Å²) in [6.07, 6.45) is -0.379. The molecule has 0 unspecified atom stereocenters. The number of thioether (sulfide) groups is 1. The van der Waals surface area contributed by atoms with Crippen molar-refractivity contribution < 1.29 is 9.53 Å². The summed E-state index contributed by atoms with van der Waals surface area (Å²) in [4.78, 5) is 12.7. The number of ether oxygens (including phenoxy) is 1. The van der Waals surface area contributed by atoms with E-state index in [2.05, 4.69) is 21.2 Å². The number of hydrogen-bond acceptors (Lipinski definition) is 3. The van der Waals surface area contributed by atoms with Crippen molar-refractivity contribution in [1.29, 1.82) is 0 Å². The lowest BCUT2D eigenvalue weighted by Crippen LogP contribution is -2.26. The summed E-state index contributed by atoms with van der Waals surface area (Å²) in [6.45, 7) is 0.876. The van der Waals surface area contributed by atoms with Gasteiger partial charge < -0.3 is 10.1 Å². The van der Waals surface area contributed by atoms with E-state index in [4.69, 9.17) is 4.74 Å². The zero-order chi connectivity index (χ0) is 14.9. The van der Waals surface area contributed by atoms with Crippen LogP contribution in [0.1, 0.15) is 5.56 Å². The SMILES string of the molecule is O=C(NCCSc1ccc(Br)cc1)OCc1ccccc1. The van der Waals surface area contributed by atoms with Gasteiger partial charge in [-0.25, -0.2) is 4.79 Å². The standard InChI is InChI=1S/C16H16BrNO2S/c17-14-6-8-15(9-7-14)21-11-10-18-16(19)20-12-13-4-2-1-3-5-13/h1-9H,10-12H2,(H,18,19). The van der Waals surface area contributed by atoms with Crippen molar-refractivity contribution in [2.75, 3.05) is 12.3 Å². The second kappa shape index (κ2) is 8.74. The van der Waals surface area contributed by atoms with E-state index in [9.17, 15) is 4.79 Å². The molecule has 2 aromatic carbocycles. The molecular weight excluding hydrogens is 350 g/mol. The third kappa shape index (κ3) is 6.23. The molecule has 0 aliphatic rings. The quantitative estimate of drug-likeness (QED) is 0.606. The fraction of sp³-hybridized carbons (Fsp3) is 0.188. The third-order valence-corrected chi connectivity index (χ3v) is 4.21. The van der Waals surface area contributed by atoms with Gasteiger partial charge in [-0.1, -0.05) is 46.3 Å². The zero-order valence-corrected chi connectivity index (χ0v) is 13.8. The first-order chi connectivity index (χ1) is 10.2. The highest BCUT2D eigenvalue weighted by Gasteiger charge is 2.02. The molecule has 0 aliphatic carbocycles. The second-order valence-corrected chi connectivity index (χ2v) is 6.37. The molecule has 1 N–H and O–H groups in total. The molecule has 2 rings (SSSR count). The van der Waals surface area contributed by atoms with Crippen LogP contribution in [0.5, 0.6) is 0 Å². The highest BCUT2D eigenvalue weighted by Crippen LogP contribution is 2.19. The number of halogens is 1. The van der Waals surface area contributed by atoms with Crippen molar-refractivity contribution in [1.82, 2.24) is 5.32 Å². The Kier molecular flexibility index (Phi) is 6.63. The van der Waals surface area contributed by atoms with Gasteiger partial charge in [-0.15, -0.1) is 11.8 Å². The lowest BCUT2D eigenvalue weighted by Gasteiger charge is -2.07. The van der Waals surface area contributed by atoms with Crippen LogP contribution in [0.25, 0.3) is 0 Å². The predicted octanol–water partition coefficient (Wildman–Crippen LogP) is 4.47. The summed E-state index contributed by atoms with van der Waals surface area (Å²) in [6, 6.07) is 17.7. The predicted molar refractivity (Wildman–Crippen MR) is 89.5 cm³/mol. The summed E-state index contributed by atoms with van der Waals surface area (Å²) < 4.78 is 6.19. The summed E-state index contributed by atoms with van der Waals surface area (Å²) >= 11 is 5.09. The first-order valence-electron chi connectivity index (χ1n) is 6.57. The van der Waals surface area contributed by atoms with Crippen molar-refractivity contribution in [3.8, 4) is 0 Å². The Morgan fingerprint density at radius 3 is 2.52 bits per heavy atom. The number of carbonyl (C=O) groups excluding carboxylic acids is 1. The molecule has 1 amide bonds. The Morgan fingerprint density at radius 1 is 1.10 bits per heavy atom. The van der Waals surface area contributed by atoms with Crippen LogP contribution < -0.4 is 5.32 Å². The number of carbonyl (C=O) groups is 1. The Bertz CT molecular complexity index is 560. The molecule has 0 spiro atoms. The van der Waals surface area contributed by atoms with Crippen molar-refractivity contribution in [2.24, 2.45) is 0 Å². The molecule has 0 saturated carbocycles. The van der Waals surface area contributed by atoms with E-state index < -0.39 is 0 Å². The fourth-order valence-electron chi connectivity index (χ4n) is 1.63. The highest BCUT2D eigenvalue weighted by molar-refractivity contribution is 9.10. The van der Waals surface area contributed by atoms with Crippen molar-refractivity contribution in [2.45, 2.75) is 11.5 Å². The van der Waals surface area contributed by atoms with Gasteiger partial charge in [0, 0.05) is 21.7 Å². The minimum absolute atomic E-state index is 0.298. The average Bonchev–Trinajstić information content (AvgIpc) is 2.52. The monoisotopic (exact) mass is 365 g/mol. The van der Waals surface area contributed by atoms with Gasteiger partial charge in [0.1, 0.15) is 6.61 Å². The van der Waals surface area contributed by atoms with Gasteiger partial charge in [0.05, 0.1) is 0 Å². The largest absolute Gasteiger partial charge is 0.445 e. The van der Waals surface area contributed by atoms with Crippen LogP contribution in [0.2, 0.25) is 0 Å². The highest BCUT2D eigenvalue weighted by atomic mass is 79.9. The molecule has 0 atom stereocenters. The van der Waals surface area contributed by atoms with Crippen LogP contribution in [0.4, 0.5) is 4.79 Å². The van der Waals surface area contributed by atoms with E-state index in [-0.39, 0.29) is 6.09 Å². The van der Waals surface area contributed by atoms with E-state index in [1.54, 1.807) is 11.8 Å². The van der Waals surface area contributed by atoms with Gasteiger partial charge in [0.15, 0.2) is 0 Å². The molecule has 5 heteroatoms. The van der Waals surface area contributed by atoms with E-state index in [0.29, 0.717) is 13.2 Å². The fourth-order valence-corrected chi connectivity index (χ4v) is 2.66. The van der Waals surface area contributed by atoms with E-state index >= 15 is 0 Å². The average molecular weight is 366 g/mol. The molecule has 3 nitrogen and oxygen atoms in total. The Labute approximate surface area is 137 Å². The first kappa shape index (κ1) is 15.9. The lowest BCUT2D eigenvalue weighted by molar-refractivity contribution is 0.140. The molecule has 0 aromatic heterocycles. The van der Waals surface area contributed by atoms with Gasteiger partial charge in [-0.2, -0.15) is 0 Å². The lowest BCUT2D eigenvalue weighted by atomic mass is 10.2. The number of nitrogens with one attached hydrogen (secondary N) is 1. The topological polar surface area (TPSA) is 38.3 Å².